The SMILES string of the molecule is CCCNc1cnccc1C(=O)NCCC(=O)NC1CC1. The van der Waals surface area contributed by atoms with Gasteiger partial charge in [0.05, 0.1) is 17.4 Å². The van der Waals surface area contributed by atoms with Crippen molar-refractivity contribution in [2.75, 3.05) is 18.4 Å². The normalized spacial score (nSPS) is 13.6. The van der Waals surface area contributed by atoms with E-state index in [1.165, 1.54) is 0 Å². The van der Waals surface area contributed by atoms with E-state index in [4.69, 9.17) is 0 Å². The number of nitrogens with one attached hydrogen (secondary N) is 3. The van der Waals surface area contributed by atoms with Crippen molar-refractivity contribution in [3.05, 3.63) is 24.0 Å². The summed E-state index contributed by atoms with van der Waals surface area (Å²) in [4.78, 5) is 27.7. The zero-order chi connectivity index (χ0) is 15.1. The summed E-state index contributed by atoms with van der Waals surface area (Å²) in [6.45, 7) is 3.18. The zero-order valence-electron chi connectivity index (χ0n) is 12.3. The van der Waals surface area contributed by atoms with Crippen molar-refractivity contribution in [1.82, 2.24) is 15.6 Å². The first-order valence-electron chi connectivity index (χ1n) is 7.46. The average molecular weight is 290 g/mol. The van der Waals surface area contributed by atoms with E-state index in [2.05, 4.69) is 27.9 Å². The van der Waals surface area contributed by atoms with Crippen molar-refractivity contribution in [3.63, 3.8) is 0 Å². The van der Waals surface area contributed by atoms with Crippen LogP contribution in [-0.4, -0.2) is 35.9 Å². The molecule has 6 nitrogen and oxygen atoms in total. The Kier molecular flexibility index (Phi) is 5.54. The molecule has 1 aliphatic rings. The summed E-state index contributed by atoms with van der Waals surface area (Å²) in [7, 11) is 0. The minimum Gasteiger partial charge on any atom is -0.383 e. The molecule has 3 N–H and O–H groups in total. The van der Waals surface area contributed by atoms with Crippen molar-refractivity contribution in [2.24, 2.45) is 0 Å². The first-order chi connectivity index (χ1) is 10.2. The lowest BCUT2D eigenvalue weighted by atomic mass is 10.2. The summed E-state index contributed by atoms with van der Waals surface area (Å²) in [5.41, 5.74) is 1.28. The quantitative estimate of drug-likeness (QED) is 0.674. The van der Waals surface area contributed by atoms with Gasteiger partial charge in [-0.05, 0) is 25.3 Å². The average Bonchev–Trinajstić information content (AvgIpc) is 3.29. The highest BCUT2D eigenvalue weighted by Crippen LogP contribution is 2.18. The highest BCUT2D eigenvalue weighted by molar-refractivity contribution is 5.99. The Bertz CT molecular complexity index is 500. The van der Waals surface area contributed by atoms with Gasteiger partial charge in [0, 0.05) is 31.7 Å². The van der Waals surface area contributed by atoms with Gasteiger partial charge in [0.2, 0.25) is 5.91 Å². The minimum absolute atomic E-state index is 0.00291. The lowest BCUT2D eigenvalue weighted by molar-refractivity contribution is -0.121. The topological polar surface area (TPSA) is 83.1 Å². The third-order valence-corrected chi connectivity index (χ3v) is 3.21. The van der Waals surface area contributed by atoms with Gasteiger partial charge in [-0.2, -0.15) is 0 Å². The molecule has 6 heteroatoms. The molecule has 0 saturated heterocycles. The fourth-order valence-electron chi connectivity index (χ4n) is 1.91. The monoisotopic (exact) mass is 290 g/mol. The second-order valence-electron chi connectivity index (χ2n) is 5.20. The molecule has 1 saturated carbocycles. The largest absolute Gasteiger partial charge is 0.383 e. The highest BCUT2D eigenvalue weighted by atomic mass is 16.2. The molecule has 0 spiro atoms. The molecule has 1 aromatic rings. The Balaban J connectivity index is 1.80. The zero-order valence-corrected chi connectivity index (χ0v) is 12.3. The predicted molar refractivity (Wildman–Crippen MR) is 81.1 cm³/mol. The van der Waals surface area contributed by atoms with Gasteiger partial charge < -0.3 is 16.0 Å². The molecule has 1 heterocycles. The molecular weight excluding hydrogens is 268 g/mol. The number of hydrogen-bond donors (Lipinski definition) is 3. The smallest absolute Gasteiger partial charge is 0.253 e. The van der Waals surface area contributed by atoms with Crippen LogP contribution in [0.15, 0.2) is 18.5 Å². The van der Waals surface area contributed by atoms with Crippen LogP contribution in [0.25, 0.3) is 0 Å². The molecular formula is C15H22N4O2. The number of nitrogens with zero attached hydrogens (tertiary/aromatic N) is 1. The number of hydrogen-bond acceptors (Lipinski definition) is 4. The molecule has 0 aliphatic heterocycles. The van der Waals surface area contributed by atoms with Gasteiger partial charge in [0.1, 0.15) is 0 Å². The number of anilines is 1. The van der Waals surface area contributed by atoms with Crippen molar-refractivity contribution >= 4 is 17.5 Å². The Morgan fingerprint density at radius 1 is 1.33 bits per heavy atom. The summed E-state index contributed by atoms with van der Waals surface area (Å²) in [5, 5.41) is 8.84. The maximum atomic E-state index is 12.1. The van der Waals surface area contributed by atoms with Gasteiger partial charge in [-0.25, -0.2) is 0 Å². The summed E-state index contributed by atoms with van der Waals surface area (Å²) >= 11 is 0. The van der Waals surface area contributed by atoms with Crippen LogP contribution in [0.2, 0.25) is 0 Å². The lowest BCUT2D eigenvalue weighted by Crippen LogP contribution is -2.32. The van der Waals surface area contributed by atoms with Crippen LogP contribution in [0.3, 0.4) is 0 Å². The molecule has 0 unspecified atom stereocenters. The van der Waals surface area contributed by atoms with E-state index < -0.39 is 0 Å². The molecule has 1 aromatic heterocycles. The van der Waals surface area contributed by atoms with E-state index in [0.29, 0.717) is 24.6 Å². The van der Waals surface area contributed by atoms with Crippen LogP contribution in [0.4, 0.5) is 5.69 Å². The molecule has 2 rings (SSSR count). The minimum atomic E-state index is -0.185. The van der Waals surface area contributed by atoms with E-state index in [1.54, 1.807) is 18.5 Å². The number of pyridine rings is 1. The molecule has 1 aliphatic carbocycles. The van der Waals surface area contributed by atoms with Crippen molar-refractivity contribution in [2.45, 2.75) is 38.6 Å². The second kappa shape index (κ2) is 7.61. The van der Waals surface area contributed by atoms with E-state index in [-0.39, 0.29) is 11.8 Å². The molecule has 114 valence electrons. The maximum absolute atomic E-state index is 12.1. The first-order valence-corrected chi connectivity index (χ1v) is 7.46. The lowest BCUT2D eigenvalue weighted by Gasteiger charge is -2.11. The van der Waals surface area contributed by atoms with Crippen molar-refractivity contribution in [3.8, 4) is 0 Å². The van der Waals surface area contributed by atoms with Gasteiger partial charge in [0.25, 0.3) is 5.91 Å². The number of amides is 2. The summed E-state index contributed by atoms with van der Waals surface area (Å²) < 4.78 is 0. The predicted octanol–water partition coefficient (Wildman–Crippen LogP) is 1.30. The Morgan fingerprint density at radius 2 is 2.14 bits per heavy atom. The van der Waals surface area contributed by atoms with E-state index in [0.717, 1.165) is 31.5 Å². The van der Waals surface area contributed by atoms with Gasteiger partial charge in [-0.15, -0.1) is 0 Å². The van der Waals surface area contributed by atoms with Gasteiger partial charge in [0.15, 0.2) is 0 Å². The Labute approximate surface area is 124 Å². The molecule has 2 amide bonds. The van der Waals surface area contributed by atoms with Crippen LogP contribution < -0.4 is 16.0 Å². The van der Waals surface area contributed by atoms with Crippen LogP contribution in [0, 0.1) is 0 Å². The third-order valence-electron chi connectivity index (χ3n) is 3.21. The van der Waals surface area contributed by atoms with Crippen molar-refractivity contribution in [1.29, 1.82) is 0 Å². The van der Waals surface area contributed by atoms with E-state index in [1.807, 2.05) is 0 Å². The van der Waals surface area contributed by atoms with Crippen LogP contribution in [0.5, 0.6) is 0 Å². The molecule has 1 fully saturated rings. The fourth-order valence-corrected chi connectivity index (χ4v) is 1.91. The maximum Gasteiger partial charge on any atom is 0.253 e. The van der Waals surface area contributed by atoms with Gasteiger partial charge >= 0.3 is 0 Å². The summed E-state index contributed by atoms with van der Waals surface area (Å²) in [6.07, 6.45) is 6.65. The third kappa shape index (κ3) is 5.06. The Morgan fingerprint density at radius 3 is 2.86 bits per heavy atom. The molecule has 0 radical (unpaired) electrons. The number of rotatable bonds is 8. The number of carbonyl (C=O) groups excluding carboxylic acids is 2. The van der Waals surface area contributed by atoms with Gasteiger partial charge in [-0.3, -0.25) is 14.6 Å². The van der Waals surface area contributed by atoms with Crippen LogP contribution >= 0.6 is 0 Å². The molecule has 0 aromatic carbocycles. The Hall–Kier alpha value is -2.11. The molecule has 21 heavy (non-hydrogen) atoms. The van der Waals surface area contributed by atoms with Crippen molar-refractivity contribution < 1.29 is 9.59 Å². The number of carbonyl (C=O) groups is 2. The van der Waals surface area contributed by atoms with E-state index in [9.17, 15) is 9.59 Å². The van der Waals surface area contributed by atoms with Crippen LogP contribution in [-0.2, 0) is 4.79 Å². The molecule has 0 bridgehead atoms. The summed E-state index contributed by atoms with van der Waals surface area (Å²) in [5.74, 6) is -0.188. The molecule has 0 atom stereocenters. The fraction of sp³-hybridized carbons (Fsp3) is 0.533. The van der Waals surface area contributed by atoms with E-state index >= 15 is 0 Å². The second-order valence-corrected chi connectivity index (χ2v) is 5.20. The van der Waals surface area contributed by atoms with Gasteiger partial charge in [-0.1, -0.05) is 6.92 Å². The number of aromatic nitrogens is 1. The highest BCUT2D eigenvalue weighted by Gasteiger charge is 2.22. The first kappa shape index (κ1) is 15.3. The van der Waals surface area contributed by atoms with Crippen LogP contribution in [0.1, 0.15) is 43.0 Å². The summed E-state index contributed by atoms with van der Waals surface area (Å²) in [6, 6.07) is 2.04. The standard InChI is InChI=1S/C15H22N4O2/c1-2-7-17-13-10-16-8-5-12(13)15(21)18-9-6-14(20)19-11-3-4-11/h5,8,10-11,17H,2-4,6-7,9H2,1H3,(H,18,21)(H,19,20).